The average Bonchev–Trinajstić information content (AvgIpc) is 2.17. The monoisotopic (exact) mass is 205 g/mol. The molecule has 0 bridgehead atoms. The van der Waals surface area contributed by atoms with E-state index in [0.717, 1.165) is 5.69 Å². The zero-order valence-electron chi connectivity index (χ0n) is 9.95. The summed E-state index contributed by atoms with van der Waals surface area (Å²) in [6, 6.07) is 9.95. The second-order valence-corrected chi connectivity index (χ2v) is 4.86. The van der Waals surface area contributed by atoms with Crippen LogP contribution in [0.25, 0.3) is 0 Å². The average molecular weight is 205 g/mol. The van der Waals surface area contributed by atoms with Crippen molar-refractivity contribution in [2.75, 3.05) is 18.5 Å². The van der Waals surface area contributed by atoms with Crippen LogP contribution in [0.1, 0.15) is 20.8 Å². The van der Waals surface area contributed by atoms with Gasteiger partial charge < -0.3 is 4.90 Å². The Morgan fingerprint density at radius 1 is 1.20 bits per heavy atom. The number of nitrogens with zero attached hydrogens (tertiary/aromatic N) is 1. The highest BCUT2D eigenvalue weighted by atomic mass is 16.1. The standard InChI is InChI=1S/C13H19NO/c1-13(2,3)12(15)10-14(4)11-8-6-5-7-9-11/h5-9H,10H2,1-4H3. The predicted octanol–water partition coefficient (Wildman–Crippen LogP) is 2.74. The number of Topliss-reactive ketones (excluding diaryl/α,β-unsaturated/α-hetero) is 1. The van der Waals surface area contributed by atoms with E-state index in [1.54, 1.807) is 0 Å². The van der Waals surface area contributed by atoms with Gasteiger partial charge in [0.2, 0.25) is 0 Å². The zero-order valence-corrected chi connectivity index (χ0v) is 9.95. The minimum Gasteiger partial charge on any atom is -0.367 e. The topological polar surface area (TPSA) is 20.3 Å². The fourth-order valence-corrected chi connectivity index (χ4v) is 1.23. The normalized spacial score (nSPS) is 11.2. The Morgan fingerprint density at radius 3 is 2.20 bits per heavy atom. The van der Waals surface area contributed by atoms with Crippen molar-refractivity contribution in [3.63, 3.8) is 0 Å². The molecule has 0 fully saturated rings. The van der Waals surface area contributed by atoms with Gasteiger partial charge in [-0.3, -0.25) is 4.79 Å². The van der Waals surface area contributed by atoms with Gasteiger partial charge in [0.25, 0.3) is 0 Å². The molecule has 0 spiro atoms. The van der Waals surface area contributed by atoms with Crippen LogP contribution >= 0.6 is 0 Å². The third-order valence-corrected chi connectivity index (χ3v) is 2.41. The van der Waals surface area contributed by atoms with Gasteiger partial charge in [-0.25, -0.2) is 0 Å². The van der Waals surface area contributed by atoms with E-state index in [9.17, 15) is 4.79 Å². The first-order valence-corrected chi connectivity index (χ1v) is 5.21. The van der Waals surface area contributed by atoms with E-state index < -0.39 is 0 Å². The number of carbonyl (C=O) groups excluding carboxylic acids is 1. The number of para-hydroxylation sites is 1. The quantitative estimate of drug-likeness (QED) is 0.756. The van der Waals surface area contributed by atoms with E-state index in [1.807, 2.05) is 63.1 Å². The summed E-state index contributed by atoms with van der Waals surface area (Å²) < 4.78 is 0. The number of likely N-dealkylation sites (N-methyl/N-ethyl adjacent to an activating group) is 1. The summed E-state index contributed by atoms with van der Waals surface area (Å²) in [7, 11) is 1.94. The van der Waals surface area contributed by atoms with Gasteiger partial charge in [-0.05, 0) is 12.1 Å². The minimum atomic E-state index is -0.261. The zero-order chi connectivity index (χ0) is 11.5. The molecular weight excluding hydrogens is 186 g/mol. The van der Waals surface area contributed by atoms with E-state index in [4.69, 9.17) is 0 Å². The first-order valence-electron chi connectivity index (χ1n) is 5.21. The SMILES string of the molecule is CN(CC(=O)C(C)(C)C)c1ccccc1. The van der Waals surface area contributed by atoms with Crippen LogP contribution in [0.3, 0.4) is 0 Å². The van der Waals surface area contributed by atoms with Crippen LogP contribution in [-0.2, 0) is 4.79 Å². The maximum Gasteiger partial charge on any atom is 0.157 e. The lowest BCUT2D eigenvalue weighted by Gasteiger charge is -2.23. The van der Waals surface area contributed by atoms with Crippen molar-refractivity contribution < 1.29 is 4.79 Å². The van der Waals surface area contributed by atoms with Crippen LogP contribution in [0.5, 0.6) is 0 Å². The molecule has 0 aliphatic heterocycles. The van der Waals surface area contributed by atoms with Gasteiger partial charge in [0.05, 0.1) is 6.54 Å². The molecule has 0 N–H and O–H groups in total. The highest BCUT2D eigenvalue weighted by Gasteiger charge is 2.22. The minimum absolute atomic E-state index is 0.258. The molecule has 1 rings (SSSR count). The van der Waals surface area contributed by atoms with Crippen molar-refractivity contribution in [1.29, 1.82) is 0 Å². The molecule has 0 aliphatic rings. The van der Waals surface area contributed by atoms with E-state index in [-0.39, 0.29) is 11.2 Å². The Bertz CT molecular complexity index is 324. The highest BCUT2D eigenvalue weighted by molar-refractivity contribution is 5.87. The maximum absolute atomic E-state index is 11.8. The lowest BCUT2D eigenvalue weighted by atomic mass is 9.90. The van der Waals surface area contributed by atoms with Crippen LogP contribution in [0.15, 0.2) is 30.3 Å². The second-order valence-electron chi connectivity index (χ2n) is 4.86. The summed E-state index contributed by atoms with van der Waals surface area (Å²) in [6.45, 7) is 6.32. The van der Waals surface area contributed by atoms with Crippen LogP contribution in [0, 0.1) is 5.41 Å². The molecule has 2 heteroatoms. The number of ketones is 1. The van der Waals surface area contributed by atoms with Crippen molar-refractivity contribution in [3.8, 4) is 0 Å². The predicted molar refractivity (Wildman–Crippen MR) is 64.2 cm³/mol. The Hall–Kier alpha value is -1.31. The molecular formula is C13H19NO. The highest BCUT2D eigenvalue weighted by Crippen LogP contribution is 2.17. The van der Waals surface area contributed by atoms with Gasteiger partial charge in [0, 0.05) is 18.2 Å². The number of benzene rings is 1. The molecule has 1 aromatic rings. The van der Waals surface area contributed by atoms with Crippen LogP contribution in [-0.4, -0.2) is 19.4 Å². The Labute approximate surface area is 91.9 Å². The summed E-state index contributed by atoms with van der Waals surface area (Å²) in [5, 5.41) is 0. The van der Waals surface area contributed by atoms with E-state index in [2.05, 4.69) is 0 Å². The number of anilines is 1. The van der Waals surface area contributed by atoms with Crippen molar-refractivity contribution in [3.05, 3.63) is 30.3 Å². The molecule has 2 nitrogen and oxygen atoms in total. The number of rotatable bonds is 3. The van der Waals surface area contributed by atoms with Crippen molar-refractivity contribution in [1.82, 2.24) is 0 Å². The summed E-state index contributed by atoms with van der Waals surface area (Å²) >= 11 is 0. The third-order valence-electron chi connectivity index (χ3n) is 2.41. The molecule has 0 unspecified atom stereocenters. The molecule has 15 heavy (non-hydrogen) atoms. The third kappa shape index (κ3) is 3.39. The maximum atomic E-state index is 11.8. The summed E-state index contributed by atoms with van der Waals surface area (Å²) in [4.78, 5) is 13.8. The summed E-state index contributed by atoms with van der Waals surface area (Å²) in [6.07, 6.45) is 0. The Kier molecular flexibility index (Phi) is 3.51. The molecule has 0 atom stereocenters. The summed E-state index contributed by atoms with van der Waals surface area (Å²) in [5.74, 6) is 0.258. The van der Waals surface area contributed by atoms with Gasteiger partial charge in [-0.15, -0.1) is 0 Å². The Balaban J connectivity index is 2.65. The van der Waals surface area contributed by atoms with Gasteiger partial charge in [0.15, 0.2) is 5.78 Å². The lowest BCUT2D eigenvalue weighted by molar-refractivity contribution is -0.124. The smallest absolute Gasteiger partial charge is 0.157 e. The van der Waals surface area contributed by atoms with Gasteiger partial charge in [-0.1, -0.05) is 39.0 Å². The van der Waals surface area contributed by atoms with Crippen LogP contribution < -0.4 is 4.90 Å². The molecule has 82 valence electrons. The molecule has 0 amide bonds. The molecule has 0 heterocycles. The molecule has 0 radical (unpaired) electrons. The van der Waals surface area contributed by atoms with Crippen LogP contribution in [0.2, 0.25) is 0 Å². The van der Waals surface area contributed by atoms with E-state index >= 15 is 0 Å². The van der Waals surface area contributed by atoms with Crippen molar-refractivity contribution >= 4 is 11.5 Å². The fourth-order valence-electron chi connectivity index (χ4n) is 1.23. The van der Waals surface area contributed by atoms with Gasteiger partial charge in [0.1, 0.15) is 0 Å². The lowest BCUT2D eigenvalue weighted by Crippen LogP contribution is -2.33. The number of hydrogen-bond acceptors (Lipinski definition) is 2. The largest absolute Gasteiger partial charge is 0.367 e. The van der Waals surface area contributed by atoms with Crippen molar-refractivity contribution in [2.45, 2.75) is 20.8 Å². The molecule has 0 aliphatic carbocycles. The first-order chi connectivity index (χ1) is 6.91. The molecule has 0 saturated heterocycles. The number of hydrogen-bond donors (Lipinski definition) is 0. The number of carbonyl (C=O) groups is 1. The first kappa shape index (κ1) is 11.8. The summed E-state index contributed by atoms with van der Waals surface area (Å²) in [5.41, 5.74) is 0.818. The molecule has 0 aromatic heterocycles. The molecule has 0 saturated carbocycles. The fraction of sp³-hybridized carbons (Fsp3) is 0.462. The molecule has 1 aromatic carbocycles. The van der Waals surface area contributed by atoms with Crippen molar-refractivity contribution in [2.24, 2.45) is 5.41 Å². The van der Waals surface area contributed by atoms with Gasteiger partial charge >= 0.3 is 0 Å². The van der Waals surface area contributed by atoms with E-state index in [0.29, 0.717) is 6.54 Å². The van der Waals surface area contributed by atoms with Crippen LogP contribution in [0.4, 0.5) is 5.69 Å². The second kappa shape index (κ2) is 4.47. The Morgan fingerprint density at radius 2 is 1.73 bits per heavy atom. The van der Waals surface area contributed by atoms with E-state index in [1.165, 1.54) is 0 Å². The van der Waals surface area contributed by atoms with Gasteiger partial charge in [-0.2, -0.15) is 0 Å².